The number of hydrogen-bond acceptors (Lipinski definition) is 3. The molecule has 1 aliphatic heterocycles. The Bertz CT molecular complexity index is 650. The van der Waals surface area contributed by atoms with Crippen molar-refractivity contribution in [2.24, 2.45) is 0 Å². The van der Waals surface area contributed by atoms with Gasteiger partial charge in [0, 0.05) is 15.7 Å². The maximum atomic E-state index is 12.3. The van der Waals surface area contributed by atoms with Crippen LogP contribution in [0, 0.1) is 15.4 Å². The van der Waals surface area contributed by atoms with E-state index in [-0.39, 0.29) is 5.78 Å². The largest absolute Gasteiger partial charge is 0.444 e. The molecule has 1 unspecified atom stereocenters. The van der Waals surface area contributed by atoms with E-state index in [0.717, 1.165) is 15.6 Å². The summed E-state index contributed by atoms with van der Waals surface area (Å²) in [6.07, 6.45) is 0.991. The van der Waals surface area contributed by atoms with Crippen molar-refractivity contribution in [3.63, 3.8) is 0 Å². The number of nitrogens with zero attached hydrogens (tertiary/aromatic N) is 1. The molecule has 1 aromatic rings. The molecule has 1 saturated heterocycles. The molecule has 1 fully saturated rings. The van der Waals surface area contributed by atoms with Crippen LogP contribution in [0.15, 0.2) is 24.3 Å². The average Bonchev–Trinajstić information content (AvgIpc) is 2.94. The van der Waals surface area contributed by atoms with E-state index >= 15 is 0 Å². The number of hydrogen-bond donors (Lipinski definition) is 0. The van der Waals surface area contributed by atoms with Crippen LogP contribution in [0.4, 0.5) is 4.79 Å². The van der Waals surface area contributed by atoms with Gasteiger partial charge in [0.2, 0.25) is 5.78 Å². The number of carbonyl (C=O) groups excluding carboxylic acids is 2. The third-order valence-corrected chi connectivity index (χ3v) is 4.08. The summed E-state index contributed by atoms with van der Waals surface area (Å²) in [5.74, 6) is 5.31. The van der Waals surface area contributed by atoms with Gasteiger partial charge in [0.25, 0.3) is 0 Å². The van der Waals surface area contributed by atoms with Crippen molar-refractivity contribution in [2.75, 3.05) is 6.54 Å². The van der Waals surface area contributed by atoms with Crippen molar-refractivity contribution in [2.45, 2.75) is 45.3 Å². The van der Waals surface area contributed by atoms with Crippen molar-refractivity contribution < 1.29 is 14.3 Å². The Balaban J connectivity index is 2.06. The van der Waals surface area contributed by atoms with Crippen LogP contribution < -0.4 is 0 Å². The summed E-state index contributed by atoms with van der Waals surface area (Å²) in [7, 11) is 0. The highest BCUT2D eigenvalue weighted by atomic mass is 127. The summed E-state index contributed by atoms with van der Waals surface area (Å²) in [5.41, 5.74) is 0.223. The van der Waals surface area contributed by atoms with E-state index in [9.17, 15) is 9.59 Å². The van der Waals surface area contributed by atoms with Crippen LogP contribution >= 0.6 is 22.6 Å². The summed E-state index contributed by atoms with van der Waals surface area (Å²) in [5, 5.41) is 0. The predicted octanol–water partition coefficient (Wildman–Crippen LogP) is 3.61. The first kappa shape index (κ1) is 17.8. The van der Waals surface area contributed by atoms with Gasteiger partial charge in [-0.3, -0.25) is 9.69 Å². The van der Waals surface area contributed by atoms with E-state index in [0.29, 0.717) is 13.0 Å². The number of rotatable bonds is 1. The van der Waals surface area contributed by atoms with Crippen LogP contribution in [-0.4, -0.2) is 35.0 Å². The van der Waals surface area contributed by atoms with Gasteiger partial charge in [-0.2, -0.15) is 0 Å². The number of benzene rings is 1. The lowest BCUT2D eigenvalue weighted by molar-refractivity contribution is -0.117. The summed E-state index contributed by atoms with van der Waals surface area (Å²) in [6.45, 7) is 5.98. The van der Waals surface area contributed by atoms with E-state index in [2.05, 4.69) is 34.4 Å². The Labute approximate surface area is 150 Å². The Morgan fingerprint density at radius 3 is 2.52 bits per heavy atom. The molecule has 2 rings (SSSR count). The van der Waals surface area contributed by atoms with Crippen molar-refractivity contribution >= 4 is 34.5 Å². The van der Waals surface area contributed by atoms with Crippen LogP contribution in [0.3, 0.4) is 0 Å². The van der Waals surface area contributed by atoms with Gasteiger partial charge < -0.3 is 4.74 Å². The van der Waals surface area contributed by atoms with E-state index in [4.69, 9.17) is 4.74 Å². The van der Waals surface area contributed by atoms with Crippen molar-refractivity contribution in [1.29, 1.82) is 0 Å². The summed E-state index contributed by atoms with van der Waals surface area (Å²) >= 11 is 2.22. The smallest absolute Gasteiger partial charge is 0.410 e. The number of Topliss-reactive ketones (excluding diaryl/α,β-unsaturated/α-hetero) is 1. The number of ketones is 1. The summed E-state index contributed by atoms with van der Waals surface area (Å²) < 4.78 is 6.48. The number of ether oxygens (including phenoxy) is 1. The van der Waals surface area contributed by atoms with Gasteiger partial charge in [-0.15, -0.1) is 0 Å². The molecule has 0 saturated carbocycles. The molecule has 122 valence electrons. The second-order valence-corrected chi connectivity index (χ2v) is 7.70. The Hall–Kier alpha value is -1.55. The Kier molecular flexibility index (Phi) is 5.69. The van der Waals surface area contributed by atoms with Crippen LogP contribution in [0.25, 0.3) is 0 Å². The molecule has 23 heavy (non-hydrogen) atoms. The number of carbonyl (C=O) groups is 2. The topological polar surface area (TPSA) is 46.6 Å². The molecule has 0 aliphatic carbocycles. The fourth-order valence-corrected chi connectivity index (χ4v) is 2.69. The fourth-order valence-electron chi connectivity index (χ4n) is 2.33. The van der Waals surface area contributed by atoms with Gasteiger partial charge in [0.15, 0.2) is 0 Å². The van der Waals surface area contributed by atoms with Crippen molar-refractivity contribution in [3.8, 4) is 11.8 Å². The summed E-state index contributed by atoms with van der Waals surface area (Å²) in [6, 6.07) is 7.14. The number of likely N-dealkylation sites (tertiary alicyclic amines) is 1. The zero-order valence-corrected chi connectivity index (χ0v) is 15.7. The van der Waals surface area contributed by atoms with Gasteiger partial charge in [-0.1, -0.05) is 5.92 Å². The lowest BCUT2D eigenvalue weighted by Gasteiger charge is -2.27. The lowest BCUT2D eigenvalue weighted by atomic mass is 10.1. The SMILES string of the molecule is CC(C)(C)OC(=O)N1CCCC1C(=O)C#Cc1ccc(I)cc1. The van der Waals surface area contributed by atoms with Crippen LogP contribution in [0.1, 0.15) is 39.2 Å². The van der Waals surface area contributed by atoms with E-state index in [1.165, 1.54) is 4.90 Å². The highest BCUT2D eigenvalue weighted by molar-refractivity contribution is 14.1. The molecule has 0 N–H and O–H groups in total. The molecule has 1 aromatic carbocycles. The first-order valence-corrected chi connectivity index (χ1v) is 8.65. The van der Waals surface area contributed by atoms with E-state index < -0.39 is 17.7 Å². The molecule has 0 spiro atoms. The minimum Gasteiger partial charge on any atom is -0.444 e. The standard InChI is InChI=1S/C18H20INO3/c1-18(2,3)23-17(22)20-12-4-5-15(20)16(21)11-8-13-6-9-14(19)10-7-13/h6-7,9-10,15H,4-5,12H2,1-3H3. The molecule has 0 bridgehead atoms. The first-order valence-electron chi connectivity index (χ1n) is 7.57. The summed E-state index contributed by atoms with van der Waals surface area (Å²) in [4.78, 5) is 26.0. The minimum atomic E-state index is -0.569. The second-order valence-electron chi connectivity index (χ2n) is 6.45. The van der Waals surface area contributed by atoms with Gasteiger partial charge in [0.05, 0.1) is 0 Å². The molecule has 1 heterocycles. The Morgan fingerprint density at radius 1 is 1.26 bits per heavy atom. The van der Waals surface area contributed by atoms with Gasteiger partial charge >= 0.3 is 6.09 Å². The fraction of sp³-hybridized carbons (Fsp3) is 0.444. The van der Waals surface area contributed by atoms with Crippen LogP contribution in [-0.2, 0) is 9.53 Å². The number of amides is 1. The zero-order valence-electron chi connectivity index (χ0n) is 13.6. The van der Waals surface area contributed by atoms with Gasteiger partial charge in [-0.25, -0.2) is 4.79 Å². The second kappa shape index (κ2) is 7.35. The quantitative estimate of drug-likeness (QED) is 0.510. The highest BCUT2D eigenvalue weighted by Crippen LogP contribution is 2.21. The Morgan fingerprint density at radius 2 is 1.91 bits per heavy atom. The van der Waals surface area contributed by atoms with Crippen LogP contribution in [0.5, 0.6) is 0 Å². The van der Waals surface area contributed by atoms with Crippen molar-refractivity contribution in [1.82, 2.24) is 4.90 Å². The monoisotopic (exact) mass is 425 g/mol. The van der Waals surface area contributed by atoms with Gasteiger partial charge in [0.1, 0.15) is 11.6 Å². The molecular weight excluding hydrogens is 405 g/mol. The minimum absolute atomic E-state index is 0.230. The van der Waals surface area contributed by atoms with Gasteiger partial charge in [-0.05, 0) is 86.4 Å². The zero-order chi connectivity index (χ0) is 17.0. The molecule has 5 heteroatoms. The molecule has 0 radical (unpaired) electrons. The molecule has 1 amide bonds. The molecule has 0 aromatic heterocycles. The maximum Gasteiger partial charge on any atom is 0.410 e. The highest BCUT2D eigenvalue weighted by Gasteiger charge is 2.35. The lowest BCUT2D eigenvalue weighted by Crippen LogP contribution is -2.43. The third kappa shape index (κ3) is 5.24. The molecule has 4 nitrogen and oxygen atoms in total. The van der Waals surface area contributed by atoms with E-state index in [1.807, 2.05) is 45.0 Å². The average molecular weight is 425 g/mol. The van der Waals surface area contributed by atoms with Crippen molar-refractivity contribution in [3.05, 3.63) is 33.4 Å². The normalized spacial score (nSPS) is 17.4. The van der Waals surface area contributed by atoms with E-state index in [1.54, 1.807) is 0 Å². The third-order valence-electron chi connectivity index (χ3n) is 3.36. The molecular formula is C18H20INO3. The molecule has 1 aliphatic rings. The predicted molar refractivity (Wildman–Crippen MR) is 97.0 cm³/mol. The number of halogens is 1. The maximum absolute atomic E-state index is 12.3. The molecule has 1 atom stereocenters. The first-order chi connectivity index (χ1) is 10.8. The van der Waals surface area contributed by atoms with Crippen LogP contribution in [0.2, 0.25) is 0 Å².